The minimum absolute atomic E-state index is 0.00348. The Morgan fingerprint density at radius 3 is 3.07 bits per heavy atom. The molecule has 30 heavy (non-hydrogen) atoms. The number of rotatable bonds is 7. The fourth-order valence-electron chi connectivity index (χ4n) is 3.19. The van der Waals surface area contributed by atoms with Gasteiger partial charge in [-0.25, -0.2) is 9.37 Å². The van der Waals surface area contributed by atoms with E-state index in [4.69, 9.17) is 21.1 Å². The van der Waals surface area contributed by atoms with Crippen LogP contribution in [0.25, 0.3) is 10.9 Å². The van der Waals surface area contributed by atoms with E-state index in [0.717, 1.165) is 13.1 Å². The number of halogens is 2. The average molecular weight is 434 g/mol. The second kappa shape index (κ2) is 9.48. The van der Waals surface area contributed by atoms with E-state index in [2.05, 4.69) is 25.6 Å². The highest BCUT2D eigenvalue weighted by Crippen LogP contribution is 2.21. The second-order valence-electron chi connectivity index (χ2n) is 6.86. The summed E-state index contributed by atoms with van der Waals surface area (Å²) in [5.74, 6) is 0.180. The molecule has 3 N–H and O–H groups in total. The molecule has 158 valence electrons. The standard InChI is InChI=1S/C20H21ClFN5O3/c21-15-7-12(1-2-16(15)22)30-11-18-26-19-14(20(28)27-18)3-4-25-17(19)10-24-9-13-8-23-5-6-29-13/h1-4,7,13,23-24H,5-6,8-11H2,(H,26,27,28)/t13-/m1/s1. The van der Waals surface area contributed by atoms with Gasteiger partial charge in [0.15, 0.2) is 0 Å². The van der Waals surface area contributed by atoms with Crippen LogP contribution in [-0.2, 0) is 17.9 Å². The van der Waals surface area contributed by atoms with Crippen molar-refractivity contribution in [3.63, 3.8) is 0 Å². The first-order valence-corrected chi connectivity index (χ1v) is 9.95. The highest BCUT2D eigenvalue weighted by molar-refractivity contribution is 6.30. The van der Waals surface area contributed by atoms with E-state index in [-0.39, 0.29) is 23.3 Å². The second-order valence-corrected chi connectivity index (χ2v) is 7.27. The van der Waals surface area contributed by atoms with Crippen LogP contribution in [0.15, 0.2) is 35.3 Å². The number of aromatic amines is 1. The van der Waals surface area contributed by atoms with Crippen LogP contribution in [0.3, 0.4) is 0 Å². The zero-order chi connectivity index (χ0) is 20.9. The van der Waals surface area contributed by atoms with Crippen molar-refractivity contribution in [2.24, 2.45) is 0 Å². The summed E-state index contributed by atoms with van der Waals surface area (Å²) in [6.07, 6.45) is 1.68. The van der Waals surface area contributed by atoms with Gasteiger partial charge >= 0.3 is 0 Å². The molecule has 0 aliphatic carbocycles. The molecular formula is C20H21ClFN5O3. The Bertz CT molecular complexity index is 1090. The molecule has 1 aliphatic heterocycles. The van der Waals surface area contributed by atoms with E-state index in [0.29, 0.717) is 47.9 Å². The smallest absolute Gasteiger partial charge is 0.258 e. The van der Waals surface area contributed by atoms with Gasteiger partial charge in [-0.1, -0.05) is 11.6 Å². The number of fused-ring (bicyclic) bond motifs is 1. The SMILES string of the molecule is O=c1[nH]c(COc2ccc(F)c(Cl)c2)nc2c(CNC[C@H]3CNCCO3)nccc12. The number of nitrogens with zero attached hydrogens (tertiary/aromatic N) is 2. The van der Waals surface area contributed by atoms with E-state index in [1.54, 1.807) is 12.3 Å². The Morgan fingerprint density at radius 1 is 1.37 bits per heavy atom. The van der Waals surface area contributed by atoms with Gasteiger partial charge in [0.05, 0.1) is 28.8 Å². The molecule has 4 rings (SSSR count). The van der Waals surface area contributed by atoms with Crippen LogP contribution < -0.4 is 20.9 Å². The minimum Gasteiger partial charge on any atom is -0.486 e. The number of hydrogen-bond donors (Lipinski definition) is 3. The molecule has 1 aromatic carbocycles. The van der Waals surface area contributed by atoms with Crippen LogP contribution in [0, 0.1) is 5.82 Å². The van der Waals surface area contributed by atoms with Gasteiger partial charge in [0, 0.05) is 38.4 Å². The van der Waals surface area contributed by atoms with Crippen molar-refractivity contribution in [3.8, 4) is 5.75 Å². The molecule has 1 aliphatic rings. The number of morpholine rings is 1. The molecular weight excluding hydrogens is 413 g/mol. The molecule has 0 amide bonds. The maximum atomic E-state index is 13.3. The minimum atomic E-state index is -0.529. The van der Waals surface area contributed by atoms with Crippen molar-refractivity contribution >= 4 is 22.5 Å². The number of nitrogens with one attached hydrogen (secondary N) is 3. The molecule has 0 unspecified atom stereocenters. The van der Waals surface area contributed by atoms with Crippen LogP contribution in [0.2, 0.25) is 5.02 Å². The van der Waals surface area contributed by atoms with Crippen molar-refractivity contribution in [1.82, 2.24) is 25.6 Å². The lowest BCUT2D eigenvalue weighted by Gasteiger charge is -2.23. The van der Waals surface area contributed by atoms with Gasteiger partial charge in [0.25, 0.3) is 5.56 Å². The topological polar surface area (TPSA) is 101 Å². The first-order valence-electron chi connectivity index (χ1n) is 9.58. The van der Waals surface area contributed by atoms with Gasteiger partial charge in [-0.05, 0) is 18.2 Å². The maximum Gasteiger partial charge on any atom is 0.258 e. The third-order valence-corrected chi connectivity index (χ3v) is 4.97. The monoisotopic (exact) mass is 433 g/mol. The van der Waals surface area contributed by atoms with Gasteiger partial charge < -0.3 is 25.1 Å². The quantitative estimate of drug-likeness (QED) is 0.522. The molecule has 0 spiro atoms. The zero-order valence-electron chi connectivity index (χ0n) is 16.1. The summed E-state index contributed by atoms with van der Waals surface area (Å²) in [5, 5.41) is 7.00. The Balaban J connectivity index is 1.48. The number of benzene rings is 1. The van der Waals surface area contributed by atoms with Crippen molar-refractivity contribution < 1.29 is 13.9 Å². The summed E-state index contributed by atoms with van der Waals surface area (Å²) >= 11 is 5.77. The molecule has 3 aromatic rings. The first kappa shape index (κ1) is 20.7. The van der Waals surface area contributed by atoms with Gasteiger partial charge in [-0.15, -0.1) is 0 Å². The number of pyridine rings is 1. The summed E-state index contributed by atoms with van der Waals surface area (Å²) in [5.41, 5.74) is 0.889. The molecule has 1 saturated heterocycles. The Morgan fingerprint density at radius 2 is 2.27 bits per heavy atom. The van der Waals surface area contributed by atoms with Crippen molar-refractivity contribution in [2.45, 2.75) is 19.3 Å². The van der Waals surface area contributed by atoms with Crippen LogP contribution >= 0.6 is 11.6 Å². The Kier molecular flexibility index (Phi) is 6.53. The van der Waals surface area contributed by atoms with Crippen LogP contribution in [0.1, 0.15) is 11.5 Å². The molecule has 8 nitrogen and oxygen atoms in total. The van der Waals surface area contributed by atoms with Gasteiger partial charge in [0.1, 0.15) is 29.5 Å². The predicted molar refractivity (Wildman–Crippen MR) is 110 cm³/mol. The zero-order valence-corrected chi connectivity index (χ0v) is 16.8. The summed E-state index contributed by atoms with van der Waals surface area (Å²) in [6, 6.07) is 5.67. The molecule has 1 atom stereocenters. The van der Waals surface area contributed by atoms with Crippen molar-refractivity contribution in [2.75, 3.05) is 26.2 Å². The lowest BCUT2D eigenvalue weighted by Crippen LogP contribution is -2.43. The van der Waals surface area contributed by atoms with E-state index in [1.165, 1.54) is 18.2 Å². The normalized spacial score (nSPS) is 16.7. The Hall–Kier alpha value is -2.59. The molecule has 3 heterocycles. The van der Waals surface area contributed by atoms with Crippen LogP contribution in [0.4, 0.5) is 4.39 Å². The first-order chi connectivity index (χ1) is 14.6. The van der Waals surface area contributed by atoms with Crippen molar-refractivity contribution in [3.05, 3.63) is 63.2 Å². The lowest BCUT2D eigenvalue weighted by atomic mass is 10.2. The van der Waals surface area contributed by atoms with E-state index < -0.39 is 5.82 Å². The van der Waals surface area contributed by atoms with Gasteiger partial charge in [0.2, 0.25) is 0 Å². The highest BCUT2D eigenvalue weighted by Gasteiger charge is 2.14. The molecule has 2 aromatic heterocycles. The maximum absolute atomic E-state index is 13.3. The summed E-state index contributed by atoms with van der Waals surface area (Å²) in [6.45, 7) is 3.46. The average Bonchev–Trinajstić information content (AvgIpc) is 2.76. The van der Waals surface area contributed by atoms with Crippen LogP contribution in [0.5, 0.6) is 5.75 Å². The number of H-pyrrole nitrogens is 1. The largest absolute Gasteiger partial charge is 0.486 e. The molecule has 10 heteroatoms. The highest BCUT2D eigenvalue weighted by atomic mass is 35.5. The molecule has 0 bridgehead atoms. The third-order valence-electron chi connectivity index (χ3n) is 4.68. The van der Waals surface area contributed by atoms with E-state index >= 15 is 0 Å². The summed E-state index contributed by atoms with van der Waals surface area (Å²) < 4.78 is 24.5. The van der Waals surface area contributed by atoms with Crippen LogP contribution in [-0.4, -0.2) is 47.3 Å². The Labute approximate surface area is 176 Å². The van der Waals surface area contributed by atoms with Crippen molar-refractivity contribution in [1.29, 1.82) is 0 Å². The number of aromatic nitrogens is 3. The summed E-state index contributed by atoms with van der Waals surface area (Å²) in [4.78, 5) is 24.1. The fraction of sp³-hybridized carbons (Fsp3) is 0.350. The van der Waals surface area contributed by atoms with Gasteiger partial charge in [-0.3, -0.25) is 9.78 Å². The number of ether oxygens (including phenoxy) is 2. The fourth-order valence-corrected chi connectivity index (χ4v) is 3.36. The number of hydrogen-bond acceptors (Lipinski definition) is 7. The molecule has 0 saturated carbocycles. The lowest BCUT2D eigenvalue weighted by molar-refractivity contribution is 0.0290. The predicted octanol–water partition coefficient (Wildman–Crippen LogP) is 1.77. The molecule has 0 radical (unpaired) electrons. The van der Waals surface area contributed by atoms with E-state index in [9.17, 15) is 9.18 Å². The third kappa shape index (κ3) is 4.93. The molecule has 1 fully saturated rings. The summed E-state index contributed by atoms with van der Waals surface area (Å²) in [7, 11) is 0. The van der Waals surface area contributed by atoms with E-state index in [1.807, 2.05) is 0 Å². The van der Waals surface area contributed by atoms with Gasteiger partial charge in [-0.2, -0.15) is 0 Å².